The number of hydrogen-bond acceptors (Lipinski definition) is 4. The number of carboxylic acids is 1. The van der Waals surface area contributed by atoms with Gasteiger partial charge in [0.15, 0.2) is 0 Å². The predicted molar refractivity (Wildman–Crippen MR) is 90.7 cm³/mol. The molecule has 0 aliphatic carbocycles. The molecular weight excluding hydrogens is 346 g/mol. The SMILES string of the molecule is COC1CC(C(=O)O)N(C(=O)c2cnn(Cc3ccccc3Cl)c2)C1. The Morgan fingerprint density at radius 1 is 1.40 bits per heavy atom. The van der Waals surface area contributed by atoms with E-state index >= 15 is 0 Å². The monoisotopic (exact) mass is 363 g/mol. The van der Waals surface area contributed by atoms with Gasteiger partial charge in [0.25, 0.3) is 5.91 Å². The molecule has 1 aromatic carbocycles. The molecule has 8 heteroatoms. The van der Waals surface area contributed by atoms with Crippen LogP contribution in [0.3, 0.4) is 0 Å². The molecule has 1 aliphatic rings. The summed E-state index contributed by atoms with van der Waals surface area (Å²) in [5.74, 6) is -1.39. The first-order valence-corrected chi connectivity index (χ1v) is 8.20. The minimum Gasteiger partial charge on any atom is -0.480 e. The lowest BCUT2D eigenvalue weighted by atomic mass is 10.2. The summed E-state index contributed by atoms with van der Waals surface area (Å²) < 4.78 is 6.82. The standard InChI is InChI=1S/C17H18ClN3O4/c1-25-13-6-15(17(23)24)21(10-13)16(22)12-7-19-20(9-12)8-11-4-2-3-5-14(11)18/h2-5,7,9,13,15H,6,8,10H2,1H3,(H,23,24). The van der Waals surface area contributed by atoms with Crippen molar-refractivity contribution in [3.05, 3.63) is 52.8 Å². The van der Waals surface area contributed by atoms with E-state index in [1.165, 1.54) is 18.2 Å². The molecule has 1 saturated heterocycles. The number of hydrogen-bond donors (Lipinski definition) is 1. The Kier molecular flexibility index (Phi) is 5.06. The number of amides is 1. The maximum absolute atomic E-state index is 12.7. The fourth-order valence-corrected chi connectivity index (χ4v) is 3.15. The molecule has 0 saturated carbocycles. The normalized spacial score (nSPS) is 20.0. The summed E-state index contributed by atoms with van der Waals surface area (Å²) in [4.78, 5) is 25.4. The summed E-state index contributed by atoms with van der Waals surface area (Å²) in [6.45, 7) is 0.679. The highest BCUT2D eigenvalue weighted by molar-refractivity contribution is 6.31. The number of rotatable bonds is 5. The Hall–Kier alpha value is -2.38. The highest BCUT2D eigenvalue weighted by Crippen LogP contribution is 2.23. The van der Waals surface area contributed by atoms with E-state index in [1.54, 1.807) is 16.9 Å². The maximum Gasteiger partial charge on any atom is 0.326 e. The topological polar surface area (TPSA) is 84.7 Å². The predicted octanol–water partition coefficient (Wildman–Crippen LogP) is 1.90. The van der Waals surface area contributed by atoms with Crippen molar-refractivity contribution in [3.63, 3.8) is 0 Å². The molecule has 2 atom stereocenters. The van der Waals surface area contributed by atoms with E-state index in [0.29, 0.717) is 17.1 Å². The number of methoxy groups -OCH3 is 1. The fourth-order valence-electron chi connectivity index (χ4n) is 2.95. The molecule has 2 unspecified atom stereocenters. The van der Waals surface area contributed by atoms with Crippen LogP contribution in [0.15, 0.2) is 36.7 Å². The molecule has 1 fully saturated rings. The van der Waals surface area contributed by atoms with Crippen molar-refractivity contribution in [2.45, 2.75) is 25.1 Å². The van der Waals surface area contributed by atoms with E-state index in [4.69, 9.17) is 16.3 Å². The molecule has 0 bridgehead atoms. The van der Waals surface area contributed by atoms with Gasteiger partial charge in [0, 0.05) is 31.3 Å². The van der Waals surface area contributed by atoms with Gasteiger partial charge in [-0.1, -0.05) is 29.8 Å². The van der Waals surface area contributed by atoms with Crippen LogP contribution in [0.5, 0.6) is 0 Å². The van der Waals surface area contributed by atoms with Crippen molar-refractivity contribution in [3.8, 4) is 0 Å². The van der Waals surface area contributed by atoms with Crippen molar-refractivity contribution in [2.24, 2.45) is 0 Å². The highest BCUT2D eigenvalue weighted by Gasteiger charge is 2.40. The number of aromatic nitrogens is 2. The second-order valence-corrected chi connectivity index (χ2v) is 6.33. The van der Waals surface area contributed by atoms with Gasteiger partial charge in [-0.2, -0.15) is 5.10 Å². The number of aliphatic carboxylic acids is 1. The lowest BCUT2D eigenvalue weighted by Crippen LogP contribution is -2.40. The first kappa shape index (κ1) is 17.4. The molecule has 2 aromatic rings. The van der Waals surface area contributed by atoms with Gasteiger partial charge in [0.2, 0.25) is 0 Å². The molecule has 0 spiro atoms. The third kappa shape index (κ3) is 3.67. The van der Waals surface area contributed by atoms with Crippen molar-refractivity contribution >= 4 is 23.5 Å². The average molecular weight is 364 g/mol. The van der Waals surface area contributed by atoms with Crippen LogP contribution >= 0.6 is 11.6 Å². The molecular formula is C17H18ClN3O4. The van der Waals surface area contributed by atoms with Crippen molar-refractivity contribution in [2.75, 3.05) is 13.7 Å². The number of carbonyl (C=O) groups is 2. The third-order valence-corrected chi connectivity index (χ3v) is 4.68. The summed E-state index contributed by atoms with van der Waals surface area (Å²) in [5.41, 5.74) is 1.23. The second kappa shape index (κ2) is 7.25. The summed E-state index contributed by atoms with van der Waals surface area (Å²) in [5, 5.41) is 14.1. The Balaban J connectivity index is 1.76. The maximum atomic E-state index is 12.7. The van der Waals surface area contributed by atoms with Gasteiger partial charge in [-0.05, 0) is 11.6 Å². The van der Waals surface area contributed by atoms with E-state index in [0.717, 1.165) is 5.56 Å². The van der Waals surface area contributed by atoms with Crippen molar-refractivity contribution < 1.29 is 19.4 Å². The Bertz CT molecular complexity index is 792. The number of carboxylic acid groups (broad SMARTS) is 1. The van der Waals surface area contributed by atoms with E-state index < -0.39 is 12.0 Å². The Morgan fingerprint density at radius 2 is 2.16 bits per heavy atom. The molecule has 2 heterocycles. The molecule has 132 valence electrons. The lowest BCUT2D eigenvalue weighted by Gasteiger charge is -2.20. The highest BCUT2D eigenvalue weighted by atomic mass is 35.5. The van der Waals surface area contributed by atoms with Crippen LogP contribution < -0.4 is 0 Å². The zero-order valence-electron chi connectivity index (χ0n) is 13.6. The molecule has 25 heavy (non-hydrogen) atoms. The fraction of sp³-hybridized carbons (Fsp3) is 0.353. The summed E-state index contributed by atoms with van der Waals surface area (Å²) in [6, 6.07) is 6.51. The average Bonchev–Trinajstić information content (AvgIpc) is 3.23. The zero-order chi connectivity index (χ0) is 18.0. The minimum absolute atomic E-state index is 0.252. The number of halogens is 1. The Labute approximate surface area is 149 Å². The quantitative estimate of drug-likeness (QED) is 0.877. The molecule has 3 rings (SSSR count). The first-order valence-electron chi connectivity index (χ1n) is 7.82. The van der Waals surface area contributed by atoms with Gasteiger partial charge in [0.1, 0.15) is 6.04 Å². The van der Waals surface area contributed by atoms with Crippen LogP contribution in [0, 0.1) is 0 Å². The third-order valence-electron chi connectivity index (χ3n) is 4.31. The number of benzene rings is 1. The van der Waals surface area contributed by atoms with E-state index in [-0.39, 0.29) is 25.0 Å². The lowest BCUT2D eigenvalue weighted by molar-refractivity contribution is -0.141. The second-order valence-electron chi connectivity index (χ2n) is 5.92. The smallest absolute Gasteiger partial charge is 0.326 e. The van der Waals surface area contributed by atoms with Gasteiger partial charge in [-0.25, -0.2) is 4.79 Å². The Morgan fingerprint density at radius 3 is 2.84 bits per heavy atom. The number of likely N-dealkylation sites (tertiary alicyclic amines) is 1. The van der Waals surface area contributed by atoms with Gasteiger partial charge >= 0.3 is 5.97 Å². The van der Waals surface area contributed by atoms with Crippen LogP contribution in [0.4, 0.5) is 0 Å². The van der Waals surface area contributed by atoms with Crippen molar-refractivity contribution in [1.82, 2.24) is 14.7 Å². The summed E-state index contributed by atoms with van der Waals surface area (Å²) in [7, 11) is 1.51. The number of ether oxygens (including phenoxy) is 1. The van der Waals surface area contributed by atoms with E-state index in [2.05, 4.69) is 5.10 Å². The van der Waals surface area contributed by atoms with Crippen molar-refractivity contribution in [1.29, 1.82) is 0 Å². The van der Waals surface area contributed by atoms with E-state index in [9.17, 15) is 14.7 Å². The van der Waals surface area contributed by atoms with Crippen LogP contribution in [0.25, 0.3) is 0 Å². The molecule has 7 nitrogen and oxygen atoms in total. The first-order chi connectivity index (χ1) is 12.0. The van der Waals surface area contributed by atoms with Gasteiger partial charge in [-0.3, -0.25) is 9.48 Å². The molecule has 1 aliphatic heterocycles. The summed E-state index contributed by atoms with van der Waals surface area (Å²) >= 11 is 6.14. The molecule has 1 N–H and O–H groups in total. The summed E-state index contributed by atoms with van der Waals surface area (Å²) in [6.07, 6.45) is 3.05. The van der Waals surface area contributed by atoms with Crippen LogP contribution in [-0.2, 0) is 16.1 Å². The van der Waals surface area contributed by atoms with Gasteiger partial charge in [-0.15, -0.1) is 0 Å². The number of carbonyl (C=O) groups excluding carboxylic acids is 1. The largest absolute Gasteiger partial charge is 0.480 e. The van der Waals surface area contributed by atoms with Gasteiger partial charge in [0.05, 0.1) is 24.4 Å². The van der Waals surface area contributed by atoms with Crippen LogP contribution in [-0.4, -0.2) is 57.5 Å². The van der Waals surface area contributed by atoms with E-state index in [1.807, 2.05) is 18.2 Å². The zero-order valence-corrected chi connectivity index (χ0v) is 14.4. The van der Waals surface area contributed by atoms with Gasteiger partial charge < -0.3 is 14.7 Å². The minimum atomic E-state index is -1.03. The molecule has 1 amide bonds. The van der Waals surface area contributed by atoms with Crippen LogP contribution in [0.1, 0.15) is 22.3 Å². The molecule has 1 aromatic heterocycles. The number of nitrogens with zero attached hydrogens (tertiary/aromatic N) is 3. The molecule has 0 radical (unpaired) electrons. The van der Waals surface area contributed by atoms with Crippen LogP contribution in [0.2, 0.25) is 5.02 Å².